The van der Waals surface area contributed by atoms with Gasteiger partial charge in [0.05, 0.1) is 0 Å². The van der Waals surface area contributed by atoms with Crippen molar-refractivity contribution in [2.24, 2.45) is 34.8 Å². The summed E-state index contributed by atoms with van der Waals surface area (Å²) >= 11 is 0. The van der Waals surface area contributed by atoms with Crippen LogP contribution in [-0.4, -0.2) is 12.1 Å². The lowest BCUT2D eigenvalue weighted by Gasteiger charge is -2.45. The minimum absolute atomic E-state index is 0.183. The Bertz CT molecular complexity index is 901. The molecule has 0 heterocycles. The van der Waals surface area contributed by atoms with Crippen molar-refractivity contribution in [2.45, 2.75) is 98.4 Å². The van der Waals surface area contributed by atoms with Crippen LogP contribution in [0.1, 0.15) is 94.0 Å². The van der Waals surface area contributed by atoms with Crippen LogP contribution < -0.4 is 11.1 Å². The van der Waals surface area contributed by atoms with E-state index in [9.17, 15) is 4.79 Å². The number of hydrogen-bond donors (Lipinski definition) is 2. The summed E-state index contributed by atoms with van der Waals surface area (Å²) < 4.78 is 0. The Morgan fingerprint density at radius 1 is 1.12 bits per heavy atom. The molecule has 0 aliphatic heterocycles. The van der Waals surface area contributed by atoms with Gasteiger partial charge in [0.2, 0.25) is 0 Å². The van der Waals surface area contributed by atoms with Gasteiger partial charge in [-0.2, -0.15) is 0 Å². The zero-order valence-corrected chi connectivity index (χ0v) is 21.1. The predicted octanol–water partition coefficient (Wildman–Crippen LogP) is 6.45. The van der Waals surface area contributed by atoms with E-state index >= 15 is 0 Å². The van der Waals surface area contributed by atoms with E-state index in [1.165, 1.54) is 42.4 Å². The van der Waals surface area contributed by atoms with E-state index < -0.39 is 6.03 Å². The van der Waals surface area contributed by atoms with Crippen molar-refractivity contribution in [1.82, 2.24) is 5.32 Å². The lowest BCUT2D eigenvalue weighted by Crippen LogP contribution is -2.42. The number of carbonyl (C=O) groups excluding carboxylic acids is 1. The average molecular weight is 437 g/mol. The van der Waals surface area contributed by atoms with Crippen molar-refractivity contribution in [3.63, 3.8) is 0 Å². The Kier molecular flexibility index (Phi) is 6.49. The molecule has 1 aromatic rings. The van der Waals surface area contributed by atoms with E-state index in [0.29, 0.717) is 29.1 Å². The van der Waals surface area contributed by atoms with Gasteiger partial charge in [-0.15, -0.1) is 0 Å². The molecule has 4 rings (SSSR count). The molecule has 3 heteroatoms. The number of benzene rings is 1. The fourth-order valence-electron chi connectivity index (χ4n) is 7.25. The molecule has 0 saturated heterocycles. The zero-order valence-electron chi connectivity index (χ0n) is 21.1. The van der Waals surface area contributed by atoms with Crippen molar-refractivity contribution >= 4 is 6.03 Å². The van der Waals surface area contributed by atoms with Crippen molar-refractivity contribution < 1.29 is 4.79 Å². The number of nitrogens with two attached hydrogens (primary N) is 1. The number of amides is 2. The molecule has 0 spiro atoms. The number of fused-ring (bicyclic) bond motifs is 4. The van der Waals surface area contributed by atoms with E-state index in [1.54, 1.807) is 11.1 Å². The van der Waals surface area contributed by atoms with Gasteiger partial charge in [0, 0.05) is 6.04 Å². The first kappa shape index (κ1) is 23.4. The Balaban J connectivity index is 1.59. The summed E-state index contributed by atoms with van der Waals surface area (Å²) in [4.78, 5) is 11.4. The second kappa shape index (κ2) is 8.88. The average Bonchev–Trinajstić information content (AvgIpc) is 3.09. The minimum Gasteiger partial charge on any atom is -0.352 e. The Hall–Kier alpha value is -1.77. The molecule has 6 atom stereocenters. The second-order valence-electron chi connectivity index (χ2n) is 11.7. The van der Waals surface area contributed by atoms with Crippen molar-refractivity contribution in [3.8, 4) is 0 Å². The molecule has 3 aliphatic rings. The molecule has 0 aromatic heterocycles. The van der Waals surface area contributed by atoms with E-state index in [4.69, 9.17) is 5.73 Å². The maximum Gasteiger partial charge on any atom is 0.312 e. The SMILES string of the molecule is Cc1c2c(cc3c1CCC1(C)C3CCC1C(C)/C=C/C(C)C(C)C)CCC(NC(N)=O)C2. The molecule has 2 amide bonds. The summed E-state index contributed by atoms with van der Waals surface area (Å²) in [5.41, 5.74) is 13.6. The van der Waals surface area contributed by atoms with Gasteiger partial charge in [-0.1, -0.05) is 52.8 Å². The summed E-state index contributed by atoms with van der Waals surface area (Å²) in [5, 5.41) is 2.95. The molecule has 6 unspecified atom stereocenters. The van der Waals surface area contributed by atoms with Gasteiger partial charge in [-0.3, -0.25) is 0 Å². The topological polar surface area (TPSA) is 55.1 Å². The van der Waals surface area contributed by atoms with Crippen LogP contribution >= 0.6 is 0 Å². The molecule has 1 saturated carbocycles. The molecular weight excluding hydrogens is 392 g/mol. The number of aryl methyl sites for hydroxylation is 1. The zero-order chi connectivity index (χ0) is 23.2. The highest BCUT2D eigenvalue weighted by Crippen LogP contribution is 2.61. The van der Waals surface area contributed by atoms with Gasteiger partial charge >= 0.3 is 6.03 Å². The van der Waals surface area contributed by atoms with E-state index in [2.05, 4.69) is 65.1 Å². The van der Waals surface area contributed by atoms with Gasteiger partial charge in [-0.25, -0.2) is 4.79 Å². The van der Waals surface area contributed by atoms with Gasteiger partial charge in [0.25, 0.3) is 0 Å². The maximum absolute atomic E-state index is 11.4. The van der Waals surface area contributed by atoms with Crippen LogP contribution in [0, 0.1) is 36.0 Å². The Morgan fingerprint density at radius 2 is 1.88 bits per heavy atom. The van der Waals surface area contributed by atoms with Gasteiger partial charge in [0.15, 0.2) is 0 Å². The van der Waals surface area contributed by atoms with E-state index in [1.807, 2.05) is 0 Å². The monoisotopic (exact) mass is 436 g/mol. The van der Waals surface area contributed by atoms with Gasteiger partial charge < -0.3 is 11.1 Å². The molecule has 32 heavy (non-hydrogen) atoms. The van der Waals surface area contributed by atoms with Gasteiger partial charge in [0.1, 0.15) is 0 Å². The third-order valence-corrected chi connectivity index (χ3v) is 9.63. The van der Waals surface area contributed by atoms with Crippen LogP contribution in [0.2, 0.25) is 0 Å². The third-order valence-electron chi connectivity index (χ3n) is 9.63. The molecule has 1 fully saturated rings. The van der Waals surface area contributed by atoms with Crippen molar-refractivity contribution in [1.29, 1.82) is 0 Å². The van der Waals surface area contributed by atoms with Crippen LogP contribution in [0.4, 0.5) is 4.79 Å². The van der Waals surface area contributed by atoms with Crippen molar-refractivity contribution in [2.75, 3.05) is 0 Å². The summed E-state index contributed by atoms with van der Waals surface area (Å²) in [7, 11) is 0. The lowest BCUT2D eigenvalue weighted by atomic mass is 9.60. The molecule has 0 bridgehead atoms. The Morgan fingerprint density at radius 3 is 2.56 bits per heavy atom. The third kappa shape index (κ3) is 4.13. The smallest absolute Gasteiger partial charge is 0.312 e. The van der Waals surface area contributed by atoms with Crippen LogP contribution in [0.15, 0.2) is 18.2 Å². The number of allylic oxidation sites excluding steroid dienone is 2. The number of urea groups is 1. The minimum atomic E-state index is -0.396. The lowest BCUT2D eigenvalue weighted by molar-refractivity contribution is 0.142. The number of carbonyl (C=O) groups is 1. The first-order valence-corrected chi connectivity index (χ1v) is 13.0. The van der Waals surface area contributed by atoms with Crippen molar-refractivity contribution in [3.05, 3.63) is 46.0 Å². The fraction of sp³-hybridized carbons (Fsp3) is 0.690. The summed E-state index contributed by atoms with van der Waals surface area (Å²) in [5.74, 6) is 3.47. The fourth-order valence-corrected chi connectivity index (χ4v) is 7.25. The standard InChI is InChI=1S/C29H44N2O/c1-17(2)18(3)7-8-19(4)26-11-12-27-25-15-21-9-10-22(31-28(30)32)16-24(21)20(5)23(25)13-14-29(26,27)6/h7-8,15,17-19,22,26-27H,9-14,16H2,1-6H3,(H3,30,31,32)/b8-7+. The number of primary amides is 1. The van der Waals surface area contributed by atoms with Crippen LogP contribution in [0.25, 0.3) is 0 Å². The quantitative estimate of drug-likeness (QED) is 0.512. The van der Waals surface area contributed by atoms with Crippen LogP contribution in [0.3, 0.4) is 0 Å². The first-order valence-electron chi connectivity index (χ1n) is 13.0. The molecule has 1 aromatic carbocycles. The highest BCUT2D eigenvalue weighted by atomic mass is 16.2. The maximum atomic E-state index is 11.4. The number of rotatable bonds is 5. The molecule has 3 N–H and O–H groups in total. The summed E-state index contributed by atoms with van der Waals surface area (Å²) in [6, 6.07) is 2.36. The van der Waals surface area contributed by atoms with E-state index in [0.717, 1.165) is 25.2 Å². The first-order chi connectivity index (χ1) is 15.1. The van der Waals surface area contributed by atoms with Gasteiger partial charge in [-0.05, 0) is 115 Å². The molecule has 3 nitrogen and oxygen atoms in total. The largest absolute Gasteiger partial charge is 0.352 e. The second-order valence-corrected chi connectivity index (χ2v) is 11.7. The van der Waals surface area contributed by atoms with Crippen LogP contribution in [0.5, 0.6) is 0 Å². The number of nitrogens with one attached hydrogen (secondary N) is 1. The number of hydrogen-bond acceptors (Lipinski definition) is 1. The highest BCUT2D eigenvalue weighted by molar-refractivity contribution is 5.72. The highest BCUT2D eigenvalue weighted by Gasteiger charge is 2.51. The molecule has 0 radical (unpaired) electrons. The summed E-state index contributed by atoms with van der Waals surface area (Å²) in [6.45, 7) is 14.4. The van der Waals surface area contributed by atoms with E-state index in [-0.39, 0.29) is 6.04 Å². The predicted molar refractivity (Wildman–Crippen MR) is 134 cm³/mol. The summed E-state index contributed by atoms with van der Waals surface area (Å²) in [6.07, 6.45) is 13.2. The van der Waals surface area contributed by atoms with Crippen LogP contribution in [-0.2, 0) is 19.3 Å². The normalized spacial score (nSPS) is 31.2. The molecule has 3 aliphatic carbocycles. The molecular formula is C29H44N2O. The molecule has 176 valence electrons. The Labute approximate surface area is 195 Å².